The first kappa shape index (κ1) is 19.4. The molecule has 2 N–H and O–H groups in total. The molecule has 0 saturated heterocycles. The molecule has 0 aliphatic carbocycles. The standard InChI is InChI=1S/C21H20N4O3S/c26-9-8-23-21-25-17(13-29-21)20-19-16(6-7-22-20)18(27)10-15(24-19)12-28-11-14-4-2-1-3-5-14/h1-7,13,26H,8-12H2,(H,23,25). The summed E-state index contributed by atoms with van der Waals surface area (Å²) in [7, 11) is 0. The first-order valence-corrected chi connectivity index (χ1v) is 10.1. The third kappa shape index (κ3) is 4.56. The van der Waals surface area contributed by atoms with Crippen LogP contribution in [0.4, 0.5) is 10.8 Å². The summed E-state index contributed by atoms with van der Waals surface area (Å²) < 4.78 is 5.77. The normalized spacial score (nSPS) is 13.1. The number of Topliss-reactive ketones (excluding diaryl/α,β-unsaturated/α-hetero) is 1. The summed E-state index contributed by atoms with van der Waals surface area (Å²) in [4.78, 5) is 26.2. The SMILES string of the molecule is O=C1CC(COCc2ccccc2)=Nc2c1ccnc2-c1csc(NCCO)n1. The summed E-state index contributed by atoms with van der Waals surface area (Å²) in [5.41, 5.74) is 4.07. The van der Waals surface area contributed by atoms with Gasteiger partial charge in [-0.15, -0.1) is 11.3 Å². The van der Waals surface area contributed by atoms with Crippen LogP contribution in [0, 0.1) is 0 Å². The second-order valence-electron chi connectivity index (χ2n) is 6.50. The van der Waals surface area contributed by atoms with E-state index in [4.69, 9.17) is 9.84 Å². The number of nitrogens with one attached hydrogen (secondary N) is 1. The van der Waals surface area contributed by atoms with Gasteiger partial charge in [-0.3, -0.25) is 14.8 Å². The largest absolute Gasteiger partial charge is 0.395 e. The average Bonchev–Trinajstić information content (AvgIpc) is 3.21. The average molecular weight is 408 g/mol. The third-order valence-electron chi connectivity index (χ3n) is 4.37. The number of rotatable bonds is 8. The Balaban J connectivity index is 1.55. The highest BCUT2D eigenvalue weighted by Gasteiger charge is 2.24. The molecule has 8 heteroatoms. The number of carbonyl (C=O) groups is 1. The predicted octanol–water partition coefficient (Wildman–Crippen LogP) is 3.49. The highest BCUT2D eigenvalue weighted by atomic mass is 32.1. The molecule has 1 aliphatic heterocycles. The van der Waals surface area contributed by atoms with Crippen molar-refractivity contribution in [3.8, 4) is 11.4 Å². The maximum Gasteiger partial charge on any atom is 0.183 e. The summed E-state index contributed by atoms with van der Waals surface area (Å²) in [5, 5.41) is 14.5. The van der Waals surface area contributed by atoms with Crippen molar-refractivity contribution < 1.29 is 14.6 Å². The van der Waals surface area contributed by atoms with E-state index in [-0.39, 0.29) is 25.4 Å². The molecule has 7 nitrogen and oxygen atoms in total. The highest BCUT2D eigenvalue weighted by Crippen LogP contribution is 2.36. The van der Waals surface area contributed by atoms with E-state index < -0.39 is 0 Å². The van der Waals surface area contributed by atoms with Gasteiger partial charge in [0.1, 0.15) is 17.1 Å². The molecule has 1 aromatic carbocycles. The molecule has 0 atom stereocenters. The molecular formula is C21H20N4O3S. The van der Waals surface area contributed by atoms with Gasteiger partial charge in [0.2, 0.25) is 0 Å². The van der Waals surface area contributed by atoms with Gasteiger partial charge < -0.3 is 15.2 Å². The summed E-state index contributed by atoms with van der Waals surface area (Å²) in [6, 6.07) is 11.6. The zero-order valence-electron chi connectivity index (χ0n) is 15.7. The van der Waals surface area contributed by atoms with Crippen molar-refractivity contribution in [2.24, 2.45) is 4.99 Å². The number of anilines is 1. The van der Waals surface area contributed by atoms with Crippen molar-refractivity contribution in [3.63, 3.8) is 0 Å². The molecule has 3 heterocycles. The molecule has 148 valence electrons. The number of ether oxygens (including phenoxy) is 1. The number of thiazole rings is 1. The molecular weight excluding hydrogens is 388 g/mol. The van der Waals surface area contributed by atoms with Crippen LogP contribution in [0.1, 0.15) is 22.3 Å². The predicted molar refractivity (Wildman–Crippen MR) is 113 cm³/mol. The van der Waals surface area contributed by atoms with Gasteiger partial charge in [0.15, 0.2) is 10.9 Å². The minimum absolute atomic E-state index is 0.00539. The Labute approximate surface area is 172 Å². The molecule has 0 amide bonds. The summed E-state index contributed by atoms with van der Waals surface area (Å²) in [6.07, 6.45) is 1.85. The number of aliphatic hydroxyl groups excluding tert-OH is 1. The van der Waals surface area contributed by atoms with Crippen LogP contribution < -0.4 is 5.32 Å². The van der Waals surface area contributed by atoms with Gasteiger partial charge in [-0.1, -0.05) is 30.3 Å². The number of hydrogen-bond donors (Lipinski definition) is 2. The minimum atomic E-state index is 0.00539. The molecule has 1 aliphatic rings. The van der Waals surface area contributed by atoms with Crippen LogP contribution in [0.5, 0.6) is 0 Å². The number of aliphatic imine (C=N–C) groups is 1. The van der Waals surface area contributed by atoms with E-state index in [1.54, 1.807) is 12.3 Å². The number of hydrogen-bond acceptors (Lipinski definition) is 8. The van der Waals surface area contributed by atoms with Crippen molar-refractivity contribution in [1.82, 2.24) is 9.97 Å². The molecule has 2 aromatic heterocycles. The van der Waals surface area contributed by atoms with E-state index in [0.29, 0.717) is 46.6 Å². The molecule has 29 heavy (non-hydrogen) atoms. The first-order valence-electron chi connectivity index (χ1n) is 9.25. The Hall–Kier alpha value is -2.94. The lowest BCUT2D eigenvalue weighted by molar-refractivity contribution is 0.0993. The summed E-state index contributed by atoms with van der Waals surface area (Å²) >= 11 is 1.42. The lowest BCUT2D eigenvalue weighted by Crippen LogP contribution is -2.18. The number of ketones is 1. The zero-order chi connectivity index (χ0) is 20.1. The fourth-order valence-electron chi connectivity index (χ4n) is 3.03. The van der Waals surface area contributed by atoms with Gasteiger partial charge in [-0.25, -0.2) is 4.98 Å². The Morgan fingerprint density at radius 1 is 1.17 bits per heavy atom. The van der Waals surface area contributed by atoms with Gasteiger partial charge in [-0.2, -0.15) is 0 Å². The van der Waals surface area contributed by atoms with Crippen molar-refractivity contribution in [1.29, 1.82) is 0 Å². The monoisotopic (exact) mass is 408 g/mol. The smallest absolute Gasteiger partial charge is 0.183 e. The van der Waals surface area contributed by atoms with E-state index in [2.05, 4.69) is 20.3 Å². The van der Waals surface area contributed by atoms with E-state index in [0.717, 1.165) is 5.56 Å². The maximum absolute atomic E-state index is 12.6. The van der Waals surface area contributed by atoms with Crippen LogP contribution in [0.2, 0.25) is 0 Å². The molecule has 0 bridgehead atoms. The lowest BCUT2D eigenvalue weighted by atomic mass is 9.99. The van der Waals surface area contributed by atoms with Crippen molar-refractivity contribution >= 4 is 33.7 Å². The van der Waals surface area contributed by atoms with Gasteiger partial charge in [0.05, 0.1) is 32.0 Å². The topological polar surface area (TPSA) is 96.7 Å². The van der Waals surface area contributed by atoms with Gasteiger partial charge >= 0.3 is 0 Å². The van der Waals surface area contributed by atoms with E-state index in [9.17, 15) is 4.79 Å². The Kier molecular flexibility index (Phi) is 6.04. The molecule has 3 aromatic rings. The van der Waals surface area contributed by atoms with Gasteiger partial charge in [0, 0.05) is 23.7 Å². The van der Waals surface area contributed by atoms with Crippen molar-refractivity contribution in [2.75, 3.05) is 25.1 Å². The fraction of sp³-hybridized carbons (Fsp3) is 0.238. The number of nitrogens with zero attached hydrogens (tertiary/aromatic N) is 3. The van der Waals surface area contributed by atoms with Crippen molar-refractivity contribution in [3.05, 3.63) is 59.1 Å². The number of pyridine rings is 1. The number of fused-ring (bicyclic) bond motifs is 1. The quantitative estimate of drug-likeness (QED) is 0.592. The number of aromatic nitrogens is 2. The molecule has 0 fully saturated rings. The second-order valence-corrected chi connectivity index (χ2v) is 7.36. The maximum atomic E-state index is 12.6. The minimum Gasteiger partial charge on any atom is -0.395 e. The van der Waals surface area contributed by atoms with E-state index >= 15 is 0 Å². The van der Waals surface area contributed by atoms with Crippen molar-refractivity contribution in [2.45, 2.75) is 13.0 Å². The Bertz CT molecular complexity index is 1030. The van der Waals surface area contributed by atoms with Crippen LogP contribution in [-0.2, 0) is 11.3 Å². The summed E-state index contributed by atoms with van der Waals surface area (Å²) in [6.45, 7) is 1.20. The third-order valence-corrected chi connectivity index (χ3v) is 5.17. The molecule has 0 spiro atoms. The van der Waals surface area contributed by atoms with Gasteiger partial charge in [-0.05, 0) is 11.6 Å². The first-order chi connectivity index (χ1) is 14.2. The zero-order valence-corrected chi connectivity index (χ0v) is 16.5. The van der Waals surface area contributed by atoms with Crippen LogP contribution >= 0.6 is 11.3 Å². The number of aliphatic hydroxyl groups is 1. The Morgan fingerprint density at radius 3 is 2.86 bits per heavy atom. The van der Waals surface area contributed by atoms with Gasteiger partial charge in [0.25, 0.3) is 0 Å². The van der Waals surface area contributed by atoms with Crippen LogP contribution in [0.25, 0.3) is 11.4 Å². The highest BCUT2D eigenvalue weighted by molar-refractivity contribution is 7.14. The lowest BCUT2D eigenvalue weighted by Gasteiger charge is -2.16. The number of benzene rings is 1. The second kappa shape index (κ2) is 9.04. The summed E-state index contributed by atoms with van der Waals surface area (Å²) in [5.74, 6) is 0.00539. The van der Waals surface area contributed by atoms with Crippen LogP contribution in [-0.4, -0.2) is 46.3 Å². The van der Waals surface area contributed by atoms with Crippen LogP contribution in [0.3, 0.4) is 0 Å². The fourth-order valence-corrected chi connectivity index (χ4v) is 3.75. The molecule has 4 rings (SSSR count). The van der Waals surface area contributed by atoms with Crippen LogP contribution in [0.15, 0.2) is 53.0 Å². The Morgan fingerprint density at radius 2 is 2.03 bits per heavy atom. The molecule has 0 saturated carbocycles. The number of carbonyl (C=O) groups excluding carboxylic acids is 1. The molecule has 0 radical (unpaired) electrons. The molecule has 0 unspecified atom stereocenters. The van der Waals surface area contributed by atoms with E-state index in [1.807, 2.05) is 35.7 Å². The van der Waals surface area contributed by atoms with E-state index in [1.165, 1.54) is 11.3 Å².